The molecule has 0 spiro atoms. The van der Waals surface area contributed by atoms with Crippen LogP contribution in [0, 0.1) is 5.82 Å². The second-order valence-electron chi connectivity index (χ2n) is 6.47. The van der Waals surface area contributed by atoms with Crippen LogP contribution in [0.2, 0.25) is 5.02 Å². The molecule has 1 saturated carbocycles. The van der Waals surface area contributed by atoms with Gasteiger partial charge in [-0.15, -0.1) is 0 Å². The molecule has 3 nitrogen and oxygen atoms in total. The van der Waals surface area contributed by atoms with E-state index in [1.54, 1.807) is 25.3 Å². The summed E-state index contributed by atoms with van der Waals surface area (Å²) in [7, 11) is 1.59. The molecule has 0 bridgehead atoms. The topological polar surface area (TPSA) is 35.1 Å². The van der Waals surface area contributed by atoms with Gasteiger partial charge in [-0.25, -0.2) is 4.39 Å². The highest BCUT2D eigenvalue weighted by Crippen LogP contribution is 2.37. The summed E-state index contributed by atoms with van der Waals surface area (Å²) >= 11 is 6.40. The Morgan fingerprint density at radius 2 is 1.96 bits per heavy atom. The number of rotatable bonds is 7. The van der Waals surface area contributed by atoms with Gasteiger partial charge in [0.05, 0.1) is 18.2 Å². The summed E-state index contributed by atoms with van der Waals surface area (Å²) in [4.78, 5) is 0. The molecule has 0 radical (unpaired) electrons. The number of quaternary nitrogens is 1. The summed E-state index contributed by atoms with van der Waals surface area (Å²) in [5.74, 6) is 0.746. The SMILES string of the molecule is COc1cc(C[NH2+]C2CCCC2)cc(Cl)c1OCc1ccccc1F. The Labute approximate surface area is 153 Å². The standard InChI is InChI=1S/C20H23ClFNO2/c1-24-19-11-14(12-23-16-7-3-4-8-16)10-17(21)20(19)25-13-15-6-2-5-9-18(15)22/h2,5-6,9-11,16,23H,3-4,7-8,12-13H2,1H3/p+1. The van der Waals surface area contributed by atoms with Crippen LogP contribution in [0.4, 0.5) is 4.39 Å². The van der Waals surface area contributed by atoms with Crippen LogP contribution in [-0.4, -0.2) is 13.2 Å². The maximum atomic E-state index is 13.7. The van der Waals surface area contributed by atoms with Crippen molar-refractivity contribution in [2.24, 2.45) is 0 Å². The summed E-state index contributed by atoms with van der Waals surface area (Å²) < 4.78 is 24.9. The Morgan fingerprint density at radius 3 is 2.68 bits per heavy atom. The van der Waals surface area contributed by atoms with E-state index in [2.05, 4.69) is 5.32 Å². The number of nitrogens with two attached hydrogens (primary N) is 1. The zero-order valence-corrected chi connectivity index (χ0v) is 15.2. The molecule has 1 aliphatic carbocycles. The molecule has 2 N–H and O–H groups in total. The Morgan fingerprint density at radius 1 is 1.20 bits per heavy atom. The summed E-state index contributed by atoms with van der Waals surface area (Å²) in [5, 5.41) is 2.86. The van der Waals surface area contributed by atoms with E-state index in [0.29, 0.717) is 28.1 Å². The van der Waals surface area contributed by atoms with Crippen molar-refractivity contribution >= 4 is 11.6 Å². The highest BCUT2D eigenvalue weighted by Gasteiger charge is 2.19. The molecule has 1 fully saturated rings. The van der Waals surface area contributed by atoms with E-state index in [1.165, 1.54) is 31.7 Å². The molecular weight excluding hydrogens is 341 g/mol. The van der Waals surface area contributed by atoms with Crippen molar-refractivity contribution < 1.29 is 19.2 Å². The number of halogens is 2. The lowest BCUT2D eigenvalue weighted by molar-refractivity contribution is -0.703. The number of benzene rings is 2. The van der Waals surface area contributed by atoms with Crippen LogP contribution in [0.1, 0.15) is 36.8 Å². The fourth-order valence-corrected chi connectivity index (χ4v) is 3.58. The van der Waals surface area contributed by atoms with Crippen molar-refractivity contribution in [1.82, 2.24) is 0 Å². The molecule has 0 saturated heterocycles. The van der Waals surface area contributed by atoms with Gasteiger partial charge >= 0.3 is 0 Å². The Bertz CT molecular complexity index is 717. The highest BCUT2D eigenvalue weighted by molar-refractivity contribution is 6.32. The van der Waals surface area contributed by atoms with Gasteiger partial charge < -0.3 is 14.8 Å². The number of hydrogen-bond donors (Lipinski definition) is 1. The Kier molecular flexibility index (Phi) is 6.16. The molecule has 1 aliphatic rings. The van der Waals surface area contributed by atoms with Gasteiger partial charge in [0, 0.05) is 11.1 Å². The number of methoxy groups -OCH3 is 1. The van der Waals surface area contributed by atoms with Crippen molar-refractivity contribution in [3.8, 4) is 11.5 Å². The summed E-state index contributed by atoms with van der Waals surface area (Å²) in [5.41, 5.74) is 1.59. The van der Waals surface area contributed by atoms with Gasteiger partial charge in [0.1, 0.15) is 19.0 Å². The molecule has 2 aromatic rings. The molecule has 3 rings (SSSR count). The third-order valence-electron chi connectivity index (χ3n) is 4.71. The number of ether oxygens (including phenoxy) is 2. The van der Waals surface area contributed by atoms with E-state index in [1.807, 2.05) is 12.1 Å². The third kappa shape index (κ3) is 4.65. The number of hydrogen-bond acceptors (Lipinski definition) is 2. The van der Waals surface area contributed by atoms with Crippen molar-refractivity contribution in [3.05, 3.63) is 58.4 Å². The fraction of sp³-hybridized carbons (Fsp3) is 0.400. The molecule has 0 unspecified atom stereocenters. The molecule has 5 heteroatoms. The molecule has 25 heavy (non-hydrogen) atoms. The molecule has 0 aromatic heterocycles. The van der Waals surface area contributed by atoms with Crippen molar-refractivity contribution in [2.75, 3.05) is 7.11 Å². The second kappa shape index (κ2) is 8.54. The monoisotopic (exact) mass is 364 g/mol. The average Bonchev–Trinajstić information content (AvgIpc) is 3.13. The van der Waals surface area contributed by atoms with E-state index >= 15 is 0 Å². The van der Waals surface area contributed by atoms with E-state index in [0.717, 1.165) is 12.1 Å². The van der Waals surface area contributed by atoms with E-state index in [-0.39, 0.29) is 12.4 Å². The van der Waals surface area contributed by atoms with Gasteiger partial charge in [-0.05, 0) is 43.9 Å². The predicted octanol–water partition coefficient (Wildman–Crippen LogP) is 4.07. The van der Waals surface area contributed by atoms with E-state index < -0.39 is 0 Å². The molecule has 0 heterocycles. The summed E-state index contributed by atoms with van der Waals surface area (Å²) in [6.45, 7) is 0.977. The minimum absolute atomic E-state index is 0.107. The van der Waals surface area contributed by atoms with Crippen molar-refractivity contribution in [2.45, 2.75) is 44.9 Å². The lowest BCUT2D eigenvalue weighted by atomic mass is 10.1. The van der Waals surface area contributed by atoms with Gasteiger partial charge in [0.15, 0.2) is 11.5 Å². The minimum atomic E-state index is -0.291. The van der Waals surface area contributed by atoms with Crippen molar-refractivity contribution in [3.63, 3.8) is 0 Å². The van der Waals surface area contributed by atoms with E-state index in [4.69, 9.17) is 21.1 Å². The van der Waals surface area contributed by atoms with Gasteiger partial charge in [0.25, 0.3) is 0 Å². The Balaban J connectivity index is 1.69. The van der Waals surface area contributed by atoms with Crippen LogP contribution >= 0.6 is 11.6 Å². The largest absolute Gasteiger partial charge is 0.493 e. The Hall–Kier alpha value is -1.78. The first-order chi connectivity index (χ1) is 12.2. The maximum Gasteiger partial charge on any atom is 0.180 e. The van der Waals surface area contributed by atoms with Crippen LogP contribution in [0.15, 0.2) is 36.4 Å². The van der Waals surface area contributed by atoms with Crippen LogP contribution < -0.4 is 14.8 Å². The summed E-state index contributed by atoms with van der Waals surface area (Å²) in [6.07, 6.45) is 5.23. The molecule has 2 aromatic carbocycles. The molecule has 134 valence electrons. The summed E-state index contributed by atoms with van der Waals surface area (Å²) in [6, 6.07) is 11.1. The maximum absolute atomic E-state index is 13.7. The van der Waals surface area contributed by atoms with E-state index in [9.17, 15) is 4.39 Å². The zero-order valence-electron chi connectivity index (χ0n) is 14.4. The average molecular weight is 365 g/mol. The predicted molar refractivity (Wildman–Crippen MR) is 96.6 cm³/mol. The zero-order chi connectivity index (χ0) is 17.6. The third-order valence-corrected chi connectivity index (χ3v) is 4.99. The normalized spacial score (nSPS) is 14.7. The van der Waals surface area contributed by atoms with Gasteiger partial charge in [-0.3, -0.25) is 0 Å². The van der Waals surface area contributed by atoms with Crippen LogP contribution in [0.3, 0.4) is 0 Å². The molecular formula is C20H24ClFNO2+. The quantitative estimate of drug-likeness (QED) is 0.803. The lowest BCUT2D eigenvalue weighted by Gasteiger charge is -2.15. The van der Waals surface area contributed by atoms with Gasteiger partial charge in [-0.1, -0.05) is 29.8 Å². The van der Waals surface area contributed by atoms with Crippen LogP contribution in [0.5, 0.6) is 11.5 Å². The minimum Gasteiger partial charge on any atom is -0.493 e. The molecule has 0 aliphatic heterocycles. The van der Waals surface area contributed by atoms with Crippen molar-refractivity contribution in [1.29, 1.82) is 0 Å². The molecule has 0 atom stereocenters. The van der Waals surface area contributed by atoms with Crippen LogP contribution in [0.25, 0.3) is 0 Å². The first-order valence-electron chi connectivity index (χ1n) is 8.73. The highest BCUT2D eigenvalue weighted by atomic mass is 35.5. The molecule has 0 amide bonds. The van der Waals surface area contributed by atoms with Gasteiger partial charge in [-0.2, -0.15) is 0 Å². The lowest BCUT2D eigenvalue weighted by Crippen LogP contribution is -2.87. The first-order valence-corrected chi connectivity index (χ1v) is 9.11. The smallest absolute Gasteiger partial charge is 0.180 e. The fourth-order valence-electron chi connectivity index (χ4n) is 3.29. The van der Waals surface area contributed by atoms with Gasteiger partial charge in [0.2, 0.25) is 0 Å². The second-order valence-corrected chi connectivity index (χ2v) is 6.88. The first kappa shape index (κ1) is 18.0. The van der Waals surface area contributed by atoms with Crippen LogP contribution in [-0.2, 0) is 13.2 Å².